The summed E-state index contributed by atoms with van der Waals surface area (Å²) in [5, 5.41) is 5.28. The lowest BCUT2D eigenvalue weighted by Crippen LogP contribution is -2.19. The summed E-state index contributed by atoms with van der Waals surface area (Å²) in [4.78, 5) is 12.0. The fraction of sp³-hybridized carbons (Fsp3) is 0.278. The molecular formula is C18H18ClF3N2O2. The first-order valence-corrected chi connectivity index (χ1v) is 8.13. The zero-order valence-corrected chi connectivity index (χ0v) is 15.0. The first-order chi connectivity index (χ1) is 12.2. The summed E-state index contributed by atoms with van der Waals surface area (Å²) < 4.78 is 44.3. The van der Waals surface area contributed by atoms with Crippen molar-refractivity contribution in [3.63, 3.8) is 0 Å². The molecule has 0 heterocycles. The number of carbonyl (C=O) groups excluding carboxylic acids is 1. The van der Waals surface area contributed by atoms with E-state index in [-0.39, 0.29) is 23.7 Å². The van der Waals surface area contributed by atoms with Gasteiger partial charge in [0.2, 0.25) is 5.91 Å². The molecule has 0 saturated carbocycles. The van der Waals surface area contributed by atoms with Crippen LogP contribution in [0.25, 0.3) is 0 Å². The zero-order valence-electron chi connectivity index (χ0n) is 14.2. The van der Waals surface area contributed by atoms with Crippen molar-refractivity contribution < 1.29 is 22.7 Å². The number of halogens is 4. The van der Waals surface area contributed by atoms with Crippen molar-refractivity contribution in [3.05, 3.63) is 52.5 Å². The SMILES string of the molecule is COc1ccc(C)cc1NCCC(=O)Nc1ccc(Cl)cc1C(F)(F)F. The number of ether oxygens (including phenoxy) is 1. The van der Waals surface area contributed by atoms with E-state index in [2.05, 4.69) is 10.6 Å². The predicted molar refractivity (Wildman–Crippen MR) is 95.9 cm³/mol. The molecule has 2 aromatic carbocycles. The highest BCUT2D eigenvalue weighted by molar-refractivity contribution is 6.30. The average molecular weight is 387 g/mol. The molecular weight excluding hydrogens is 369 g/mol. The molecule has 0 spiro atoms. The number of hydrogen-bond acceptors (Lipinski definition) is 3. The molecule has 0 bridgehead atoms. The van der Waals surface area contributed by atoms with E-state index in [0.717, 1.165) is 17.7 Å². The zero-order chi connectivity index (χ0) is 19.3. The van der Waals surface area contributed by atoms with Gasteiger partial charge in [-0.3, -0.25) is 4.79 Å². The molecule has 26 heavy (non-hydrogen) atoms. The second kappa shape index (κ2) is 8.31. The van der Waals surface area contributed by atoms with Gasteiger partial charge in [-0.25, -0.2) is 0 Å². The summed E-state index contributed by atoms with van der Waals surface area (Å²) >= 11 is 5.62. The molecule has 0 fully saturated rings. The van der Waals surface area contributed by atoms with Crippen LogP contribution in [0.1, 0.15) is 17.5 Å². The number of alkyl halides is 3. The van der Waals surface area contributed by atoms with Crippen molar-refractivity contribution in [2.75, 3.05) is 24.3 Å². The van der Waals surface area contributed by atoms with Crippen LogP contribution < -0.4 is 15.4 Å². The Hall–Kier alpha value is -2.41. The van der Waals surface area contributed by atoms with Gasteiger partial charge in [-0.05, 0) is 42.8 Å². The van der Waals surface area contributed by atoms with Gasteiger partial charge in [0.1, 0.15) is 5.75 Å². The van der Waals surface area contributed by atoms with E-state index in [1.54, 1.807) is 6.07 Å². The number of nitrogens with one attached hydrogen (secondary N) is 2. The van der Waals surface area contributed by atoms with Gasteiger partial charge in [-0.2, -0.15) is 13.2 Å². The van der Waals surface area contributed by atoms with E-state index in [4.69, 9.17) is 16.3 Å². The maximum Gasteiger partial charge on any atom is 0.418 e. The summed E-state index contributed by atoms with van der Waals surface area (Å²) in [6.45, 7) is 2.15. The Balaban J connectivity index is 1.99. The molecule has 4 nitrogen and oxygen atoms in total. The van der Waals surface area contributed by atoms with E-state index in [1.165, 1.54) is 13.2 Å². The summed E-state index contributed by atoms with van der Waals surface area (Å²) in [5.74, 6) is 0.0741. The minimum absolute atomic E-state index is 0.0168. The number of benzene rings is 2. The number of anilines is 2. The number of amides is 1. The smallest absolute Gasteiger partial charge is 0.418 e. The molecule has 140 valence electrons. The maximum atomic E-state index is 13.0. The van der Waals surface area contributed by atoms with Crippen LogP contribution in [0.2, 0.25) is 5.02 Å². The normalized spacial score (nSPS) is 11.2. The molecule has 1 amide bonds. The number of rotatable bonds is 6. The number of methoxy groups -OCH3 is 1. The number of aryl methyl sites for hydroxylation is 1. The Morgan fingerprint density at radius 2 is 1.88 bits per heavy atom. The lowest BCUT2D eigenvalue weighted by Gasteiger charge is -2.15. The highest BCUT2D eigenvalue weighted by Gasteiger charge is 2.34. The standard InChI is InChI=1S/C18H18ClF3N2O2/c1-11-3-6-16(26-2)15(9-11)23-8-7-17(25)24-14-5-4-12(19)10-13(14)18(20,21)22/h3-6,9-10,23H,7-8H2,1-2H3,(H,24,25). The van der Waals surface area contributed by atoms with Gasteiger partial charge < -0.3 is 15.4 Å². The molecule has 0 saturated heterocycles. The Kier molecular flexibility index (Phi) is 6.37. The second-order valence-electron chi connectivity index (χ2n) is 5.62. The third-order valence-electron chi connectivity index (χ3n) is 3.58. The van der Waals surface area contributed by atoms with Crippen LogP contribution in [0.4, 0.5) is 24.5 Å². The fourth-order valence-corrected chi connectivity index (χ4v) is 2.52. The molecule has 0 aliphatic heterocycles. The first-order valence-electron chi connectivity index (χ1n) is 7.76. The predicted octanol–water partition coefficient (Wildman–Crippen LogP) is 5.12. The topological polar surface area (TPSA) is 50.4 Å². The Labute approximate surface area is 154 Å². The van der Waals surface area contributed by atoms with Gasteiger partial charge in [-0.15, -0.1) is 0 Å². The largest absolute Gasteiger partial charge is 0.495 e. The minimum atomic E-state index is -4.61. The summed E-state index contributed by atoms with van der Waals surface area (Å²) in [6.07, 6.45) is -4.63. The molecule has 0 aromatic heterocycles. The van der Waals surface area contributed by atoms with E-state index in [0.29, 0.717) is 11.4 Å². The maximum absolute atomic E-state index is 13.0. The van der Waals surface area contributed by atoms with Crippen molar-refractivity contribution in [2.24, 2.45) is 0 Å². The van der Waals surface area contributed by atoms with Gasteiger partial charge in [0.15, 0.2) is 0 Å². The lowest BCUT2D eigenvalue weighted by atomic mass is 10.1. The van der Waals surface area contributed by atoms with Gasteiger partial charge >= 0.3 is 6.18 Å². The molecule has 2 N–H and O–H groups in total. The van der Waals surface area contributed by atoms with Crippen molar-refractivity contribution in [3.8, 4) is 5.75 Å². The third kappa shape index (κ3) is 5.29. The van der Waals surface area contributed by atoms with Crippen LogP contribution in [-0.2, 0) is 11.0 Å². The van der Waals surface area contributed by atoms with Crippen LogP contribution in [0.5, 0.6) is 5.75 Å². The first kappa shape index (κ1) is 19.9. The lowest BCUT2D eigenvalue weighted by molar-refractivity contribution is -0.137. The molecule has 0 radical (unpaired) electrons. The monoisotopic (exact) mass is 386 g/mol. The van der Waals surface area contributed by atoms with Crippen molar-refractivity contribution in [2.45, 2.75) is 19.5 Å². The number of carbonyl (C=O) groups is 1. The van der Waals surface area contributed by atoms with E-state index < -0.39 is 17.6 Å². The van der Waals surface area contributed by atoms with Crippen molar-refractivity contribution >= 4 is 28.9 Å². The Morgan fingerprint density at radius 3 is 2.54 bits per heavy atom. The highest BCUT2D eigenvalue weighted by Crippen LogP contribution is 2.36. The molecule has 2 aromatic rings. The van der Waals surface area contributed by atoms with Crippen LogP contribution in [0.3, 0.4) is 0 Å². The Morgan fingerprint density at radius 1 is 1.15 bits per heavy atom. The third-order valence-corrected chi connectivity index (χ3v) is 3.82. The van der Waals surface area contributed by atoms with Crippen molar-refractivity contribution in [1.82, 2.24) is 0 Å². The van der Waals surface area contributed by atoms with Crippen LogP contribution in [-0.4, -0.2) is 19.6 Å². The molecule has 0 aliphatic rings. The van der Waals surface area contributed by atoms with Crippen molar-refractivity contribution in [1.29, 1.82) is 0 Å². The number of hydrogen-bond donors (Lipinski definition) is 2. The van der Waals surface area contributed by atoms with Crippen LogP contribution in [0.15, 0.2) is 36.4 Å². The molecule has 8 heteroatoms. The van der Waals surface area contributed by atoms with E-state index in [1.807, 2.05) is 19.1 Å². The van der Waals surface area contributed by atoms with Crippen LogP contribution >= 0.6 is 11.6 Å². The summed E-state index contributed by atoms with van der Waals surface area (Å²) in [5.41, 5.74) is 0.420. The van der Waals surface area contributed by atoms with E-state index >= 15 is 0 Å². The van der Waals surface area contributed by atoms with Gasteiger partial charge in [-0.1, -0.05) is 17.7 Å². The summed E-state index contributed by atoms with van der Waals surface area (Å²) in [6, 6.07) is 8.75. The second-order valence-corrected chi connectivity index (χ2v) is 6.05. The summed E-state index contributed by atoms with van der Waals surface area (Å²) in [7, 11) is 1.53. The Bertz CT molecular complexity index is 794. The molecule has 0 unspecified atom stereocenters. The minimum Gasteiger partial charge on any atom is -0.495 e. The quantitative estimate of drug-likeness (QED) is 0.724. The van der Waals surface area contributed by atoms with Gasteiger partial charge in [0.25, 0.3) is 0 Å². The average Bonchev–Trinajstić information content (AvgIpc) is 2.56. The van der Waals surface area contributed by atoms with Crippen LogP contribution in [0, 0.1) is 6.92 Å². The van der Waals surface area contributed by atoms with E-state index in [9.17, 15) is 18.0 Å². The molecule has 0 atom stereocenters. The fourth-order valence-electron chi connectivity index (χ4n) is 2.34. The molecule has 0 aliphatic carbocycles. The highest BCUT2D eigenvalue weighted by atomic mass is 35.5. The van der Waals surface area contributed by atoms with Gasteiger partial charge in [0.05, 0.1) is 24.0 Å². The van der Waals surface area contributed by atoms with Gasteiger partial charge in [0, 0.05) is 18.0 Å². The molecule has 2 rings (SSSR count).